The van der Waals surface area contributed by atoms with Gasteiger partial charge in [0.15, 0.2) is 0 Å². The predicted octanol–water partition coefficient (Wildman–Crippen LogP) is 1.32. The molecule has 7 heteroatoms. The van der Waals surface area contributed by atoms with E-state index in [1.54, 1.807) is 17.0 Å². The van der Waals surface area contributed by atoms with Gasteiger partial charge in [0.25, 0.3) is 5.91 Å². The van der Waals surface area contributed by atoms with Gasteiger partial charge in [-0.2, -0.15) is 0 Å². The number of likely N-dealkylation sites (tertiary alicyclic amines) is 1. The van der Waals surface area contributed by atoms with Crippen molar-refractivity contribution in [1.82, 2.24) is 4.90 Å². The Morgan fingerprint density at radius 1 is 1.17 bits per heavy atom. The molecule has 0 spiro atoms. The highest BCUT2D eigenvalue weighted by Gasteiger charge is 2.43. The Bertz CT molecular complexity index is 743. The molecule has 1 atom stereocenters. The van der Waals surface area contributed by atoms with Crippen molar-refractivity contribution in [3.63, 3.8) is 0 Å². The molecule has 1 heterocycles. The molecule has 0 aliphatic carbocycles. The molecule has 6 nitrogen and oxygen atoms in total. The van der Waals surface area contributed by atoms with Gasteiger partial charge in [-0.25, -0.2) is 0 Å². The van der Waals surface area contributed by atoms with E-state index in [-0.39, 0.29) is 19.0 Å². The van der Waals surface area contributed by atoms with Gasteiger partial charge in [-0.1, -0.05) is 30.3 Å². The highest BCUT2D eigenvalue weighted by Crippen LogP contribution is 2.27. The van der Waals surface area contributed by atoms with Crippen molar-refractivity contribution in [2.75, 3.05) is 17.8 Å². The van der Waals surface area contributed by atoms with Crippen molar-refractivity contribution in [1.29, 1.82) is 0 Å². The molecular formula is C17H17N2O4S-. The Labute approximate surface area is 142 Å². The smallest absolute Gasteiger partial charge is 0.254 e. The fourth-order valence-corrected chi connectivity index (χ4v) is 3.18. The third kappa shape index (κ3) is 3.81. The standard InChI is InChI=1S/C17H18N2O4S/c20-16(14-6-8-15(9-7-14)18-24(22)23)19-11-17(21,12-19)10-13-4-2-1-3-5-13/h1-9,18,21H,10-12H2,(H,22,23)/p-1. The van der Waals surface area contributed by atoms with Gasteiger partial charge in [0, 0.05) is 28.9 Å². The summed E-state index contributed by atoms with van der Waals surface area (Å²) in [6, 6.07) is 15.8. The quantitative estimate of drug-likeness (QED) is 0.800. The normalized spacial score (nSPS) is 17.0. The first-order valence-electron chi connectivity index (χ1n) is 7.47. The summed E-state index contributed by atoms with van der Waals surface area (Å²) in [6.07, 6.45) is 0.510. The molecular weight excluding hydrogens is 328 g/mol. The summed E-state index contributed by atoms with van der Waals surface area (Å²) in [6.45, 7) is 0.566. The van der Waals surface area contributed by atoms with Crippen LogP contribution in [-0.4, -0.2) is 43.4 Å². The van der Waals surface area contributed by atoms with Crippen molar-refractivity contribution in [3.05, 3.63) is 65.7 Å². The van der Waals surface area contributed by atoms with E-state index < -0.39 is 16.9 Å². The second kappa shape index (κ2) is 6.72. The summed E-state index contributed by atoms with van der Waals surface area (Å²) in [5.41, 5.74) is 0.994. The molecule has 1 saturated heterocycles. The highest BCUT2D eigenvalue weighted by molar-refractivity contribution is 7.80. The lowest BCUT2D eigenvalue weighted by atomic mass is 9.86. The predicted molar refractivity (Wildman–Crippen MR) is 90.0 cm³/mol. The zero-order valence-corrected chi connectivity index (χ0v) is 13.7. The van der Waals surface area contributed by atoms with E-state index in [2.05, 4.69) is 4.72 Å². The maximum Gasteiger partial charge on any atom is 0.254 e. The first kappa shape index (κ1) is 16.6. The second-order valence-corrected chi connectivity index (χ2v) is 6.64. The van der Waals surface area contributed by atoms with Gasteiger partial charge < -0.3 is 19.3 Å². The van der Waals surface area contributed by atoms with E-state index in [0.29, 0.717) is 17.7 Å². The summed E-state index contributed by atoms with van der Waals surface area (Å²) < 4.78 is 23.3. The summed E-state index contributed by atoms with van der Waals surface area (Å²) in [5, 5.41) is 10.5. The molecule has 0 radical (unpaired) electrons. The minimum absolute atomic E-state index is 0.178. The zero-order valence-electron chi connectivity index (χ0n) is 12.8. The van der Waals surface area contributed by atoms with Crippen LogP contribution < -0.4 is 4.72 Å². The molecule has 3 rings (SSSR count). The molecule has 1 amide bonds. The number of hydrogen-bond donors (Lipinski definition) is 2. The van der Waals surface area contributed by atoms with Gasteiger partial charge in [-0.15, -0.1) is 0 Å². The lowest BCUT2D eigenvalue weighted by Gasteiger charge is -2.46. The molecule has 1 fully saturated rings. The molecule has 0 bridgehead atoms. The van der Waals surface area contributed by atoms with E-state index in [4.69, 9.17) is 0 Å². The van der Waals surface area contributed by atoms with Crippen LogP contribution >= 0.6 is 0 Å². The minimum atomic E-state index is -2.39. The average molecular weight is 345 g/mol. The van der Waals surface area contributed by atoms with Crippen LogP contribution in [0, 0.1) is 0 Å². The number of anilines is 1. The van der Waals surface area contributed by atoms with Gasteiger partial charge in [-0.3, -0.25) is 9.00 Å². The van der Waals surface area contributed by atoms with Crippen LogP contribution in [0.4, 0.5) is 5.69 Å². The number of benzene rings is 2. The number of rotatable bonds is 5. The van der Waals surface area contributed by atoms with E-state index in [1.807, 2.05) is 30.3 Å². The van der Waals surface area contributed by atoms with Gasteiger partial charge >= 0.3 is 0 Å². The summed E-state index contributed by atoms with van der Waals surface area (Å²) >= 11 is -2.39. The van der Waals surface area contributed by atoms with Gasteiger partial charge in [0.2, 0.25) is 0 Å². The fraction of sp³-hybridized carbons (Fsp3) is 0.235. The molecule has 0 aromatic heterocycles. The third-order valence-corrected chi connectivity index (χ3v) is 4.37. The van der Waals surface area contributed by atoms with Crippen molar-refractivity contribution < 1.29 is 18.7 Å². The molecule has 2 aromatic carbocycles. The zero-order chi connectivity index (χ0) is 17.2. The first-order valence-corrected chi connectivity index (χ1v) is 8.54. The second-order valence-electron chi connectivity index (χ2n) is 5.96. The Morgan fingerprint density at radius 3 is 2.38 bits per heavy atom. The van der Waals surface area contributed by atoms with Crippen LogP contribution in [0.2, 0.25) is 0 Å². The minimum Gasteiger partial charge on any atom is -0.755 e. The average Bonchev–Trinajstić information content (AvgIpc) is 2.53. The Morgan fingerprint density at radius 2 is 1.79 bits per heavy atom. The maximum absolute atomic E-state index is 12.4. The van der Waals surface area contributed by atoms with Crippen molar-refractivity contribution >= 4 is 22.9 Å². The Balaban J connectivity index is 1.59. The molecule has 2 aromatic rings. The van der Waals surface area contributed by atoms with Crippen LogP contribution in [0.15, 0.2) is 54.6 Å². The summed E-state index contributed by atoms with van der Waals surface area (Å²) in [4.78, 5) is 14.0. The number of hydrogen-bond acceptors (Lipinski definition) is 4. The van der Waals surface area contributed by atoms with Crippen LogP contribution in [0.1, 0.15) is 15.9 Å². The van der Waals surface area contributed by atoms with Gasteiger partial charge in [0.05, 0.1) is 13.1 Å². The Kier molecular flexibility index (Phi) is 4.66. The van der Waals surface area contributed by atoms with Crippen LogP contribution in [-0.2, 0) is 17.7 Å². The van der Waals surface area contributed by atoms with Crippen LogP contribution in [0.3, 0.4) is 0 Å². The van der Waals surface area contributed by atoms with Gasteiger partial charge in [-0.05, 0) is 29.8 Å². The number of nitrogens with zero attached hydrogens (tertiary/aromatic N) is 1. The molecule has 2 N–H and O–H groups in total. The van der Waals surface area contributed by atoms with E-state index in [1.165, 1.54) is 12.1 Å². The van der Waals surface area contributed by atoms with E-state index in [9.17, 15) is 18.7 Å². The van der Waals surface area contributed by atoms with E-state index in [0.717, 1.165) is 5.56 Å². The SMILES string of the molecule is O=C(c1ccc(NS(=O)[O-])cc1)N1CC(O)(Cc2ccccc2)C1. The van der Waals surface area contributed by atoms with Crippen molar-refractivity contribution in [3.8, 4) is 0 Å². The number of carbonyl (C=O) groups excluding carboxylic acids is 1. The molecule has 1 aliphatic rings. The number of amides is 1. The summed E-state index contributed by atoms with van der Waals surface area (Å²) in [7, 11) is 0. The lowest BCUT2D eigenvalue weighted by molar-refractivity contribution is -0.0799. The topological polar surface area (TPSA) is 92.7 Å². The highest BCUT2D eigenvalue weighted by atomic mass is 32.2. The lowest BCUT2D eigenvalue weighted by Crippen LogP contribution is -2.64. The van der Waals surface area contributed by atoms with Gasteiger partial charge in [0.1, 0.15) is 5.60 Å². The van der Waals surface area contributed by atoms with Crippen LogP contribution in [0.5, 0.6) is 0 Å². The molecule has 24 heavy (non-hydrogen) atoms. The largest absolute Gasteiger partial charge is 0.755 e. The molecule has 0 saturated carbocycles. The first-order chi connectivity index (χ1) is 11.5. The third-order valence-electron chi connectivity index (χ3n) is 3.97. The fourth-order valence-electron chi connectivity index (χ4n) is 2.86. The molecule has 1 aliphatic heterocycles. The Hall–Kier alpha value is -2.22. The maximum atomic E-state index is 12.4. The monoisotopic (exact) mass is 345 g/mol. The number of nitrogens with one attached hydrogen (secondary N) is 1. The van der Waals surface area contributed by atoms with Crippen molar-refractivity contribution in [2.24, 2.45) is 0 Å². The van der Waals surface area contributed by atoms with E-state index >= 15 is 0 Å². The number of β-amino-alcohol motifs (C(OH)–C–C–N with tert-alkyl or cyclic N) is 1. The number of aliphatic hydroxyl groups is 1. The van der Waals surface area contributed by atoms with Crippen LogP contribution in [0.25, 0.3) is 0 Å². The number of carbonyl (C=O) groups is 1. The molecule has 126 valence electrons. The van der Waals surface area contributed by atoms with Crippen molar-refractivity contribution in [2.45, 2.75) is 12.0 Å². The summed E-state index contributed by atoms with van der Waals surface area (Å²) in [5.74, 6) is -0.178. The molecule has 1 unspecified atom stereocenters.